The van der Waals surface area contributed by atoms with Crippen LogP contribution in [0.3, 0.4) is 0 Å². The highest BCUT2D eigenvalue weighted by Crippen LogP contribution is 2.36. The lowest BCUT2D eigenvalue weighted by Crippen LogP contribution is -2.61. The van der Waals surface area contributed by atoms with Crippen LogP contribution in [-0.4, -0.2) is 75.2 Å². The van der Waals surface area contributed by atoms with Crippen LogP contribution >= 0.6 is 0 Å². The number of hydrogen-bond acceptors (Lipinski definition) is 7. The molecular weight excluding hydrogens is 520 g/mol. The van der Waals surface area contributed by atoms with E-state index in [0.29, 0.717) is 18.7 Å². The van der Waals surface area contributed by atoms with E-state index in [2.05, 4.69) is 15.6 Å². The molecule has 3 rings (SSSR count). The smallest absolute Gasteiger partial charge is 0.305 e. The van der Waals surface area contributed by atoms with Gasteiger partial charge in [0.25, 0.3) is 0 Å². The Kier molecular flexibility index (Phi) is 13.9. The molecule has 222 valence electrons. The summed E-state index contributed by atoms with van der Waals surface area (Å²) < 4.78 is 0. The Hall–Kier alpha value is -3.70. The number of carboxylic acids is 3. The molecule has 1 aromatic heterocycles. The van der Waals surface area contributed by atoms with Crippen molar-refractivity contribution >= 4 is 35.5 Å². The molecule has 2 aliphatic carbocycles. The summed E-state index contributed by atoms with van der Waals surface area (Å²) in [5, 5.41) is 31.7. The Balaban J connectivity index is 0.000000337. The van der Waals surface area contributed by atoms with E-state index < -0.39 is 23.4 Å². The van der Waals surface area contributed by atoms with Gasteiger partial charge in [-0.1, -0.05) is 44.6 Å². The van der Waals surface area contributed by atoms with Crippen LogP contribution in [0.2, 0.25) is 0 Å². The number of nitrogens with zero attached hydrogens (tertiary/aromatic N) is 2. The normalized spacial score (nSPS) is 16.5. The predicted octanol–water partition coefficient (Wildman–Crippen LogP) is 2.81. The van der Waals surface area contributed by atoms with E-state index in [1.807, 2.05) is 0 Å². The van der Waals surface area contributed by atoms with Gasteiger partial charge in [-0.15, -0.1) is 0 Å². The Labute approximate surface area is 234 Å². The van der Waals surface area contributed by atoms with Crippen LogP contribution < -0.4 is 15.5 Å². The molecule has 12 heteroatoms. The minimum atomic E-state index is -0.976. The van der Waals surface area contributed by atoms with Gasteiger partial charge in [0.2, 0.25) is 11.8 Å². The van der Waals surface area contributed by atoms with E-state index in [1.165, 1.54) is 6.42 Å². The number of carbonyl (C=O) groups is 5. The molecule has 40 heavy (non-hydrogen) atoms. The van der Waals surface area contributed by atoms with Crippen molar-refractivity contribution in [3.05, 3.63) is 24.4 Å². The first-order chi connectivity index (χ1) is 19.2. The highest BCUT2D eigenvalue weighted by molar-refractivity contribution is 5.90. The first-order valence-electron chi connectivity index (χ1n) is 14.1. The van der Waals surface area contributed by atoms with Crippen LogP contribution in [0.25, 0.3) is 0 Å². The molecule has 0 unspecified atom stereocenters. The van der Waals surface area contributed by atoms with Crippen molar-refractivity contribution in [2.75, 3.05) is 24.5 Å². The molecule has 5 N–H and O–H groups in total. The maximum Gasteiger partial charge on any atom is 0.305 e. The van der Waals surface area contributed by atoms with E-state index in [0.717, 1.165) is 44.9 Å². The monoisotopic (exact) mass is 562 g/mol. The van der Waals surface area contributed by atoms with E-state index in [1.54, 1.807) is 29.3 Å². The quantitative estimate of drug-likeness (QED) is 0.239. The fourth-order valence-corrected chi connectivity index (χ4v) is 5.27. The van der Waals surface area contributed by atoms with Crippen LogP contribution in [0.1, 0.15) is 83.5 Å². The lowest BCUT2D eigenvalue weighted by Gasteiger charge is -2.45. The van der Waals surface area contributed by atoms with Gasteiger partial charge < -0.3 is 30.9 Å². The molecule has 0 aromatic carbocycles. The first kappa shape index (κ1) is 32.5. The van der Waals surface area contributed by atoms with Crippen LogP contribution in [0.4, 0.5) is 5.82 Å². The lowest BCUT2D eigenvalue weighted by atomic mass is 9.79. The first-order valence-corrected chi connectivity index (χ1v) is 14.1. The molecule has 0 bridgehead atoms. The van der Waals surface area contributed by atoms with Gasteiger partial charge in [-0.25, -0.2) is 4.98 Å². The Bertz CT molecular complexity index is 976. The minimum Gasteiger partial charge on any atom is -0.481 e. The third-order valence-electron chi connectivity index (χ3n) is 7.33. The van der Waals surface area contributed by atoms with Crippen molar-refractivity contribution in [1.82, 2.24) is 15.6 Å². The molecule has 12 nitrogen and oxygen atoms in total. The second-order valence-electron chi connectivity index (χ2n) is 10.2. The van der Waals surface area contributed by atoms with Crippen molar-refractivity contribution in [1.29, 1.82) is 0 Å². The highest BCUT2D eigenvalue weighted by Gasteiger charge is 2.45. The number of pyridine rings is 1. The molecule has 2 saturated carbocycles. The Morgan fingerprint density at radius 2 is 1.38 bits per heavy atom. The fraction of sp³-hybridized carbons (Fsp3) is 0.643. The largest absolute Gasteiger partial charge is 0.481 e. The molecule has 0 radical (unpaired) electrons. The average molecular weight is 563 g/mol. The molecule has 2 aliphatic rings. The number of aliphatic carboxylic acids is 3. The van der Waals surface area contributed by atoms with Crippen molar-refractivity contribution < 1.29 is 39.3 Å². The summed E-state index contributed by atoms with van der Waals surface area (Å²) in [6, 6.07) is 5.33. The maximum atomic E-state index is 13.0. The van der Waals surface area contributed by atoms with Gasteiger partial charge >= 0.3 is 17.9 Å². The Morgan fingerprint density at radius 1 is 0.800 bits per heavy atom. The second kappa shape index (κ2) is 17.1. The highest BCUT2D eigenvalue weighted by atomic mass is 16.4. The average Bonchev–Trinajstić information content (AvgIpc) is 2.94. The summed E-state index contributed by atoms with van der Waals surface area (Å²) in [6.45, 7) is 0.467. The topological polar surface area (TPSA) is 186 Å². The van der Waals surface area contributed by atoms with E-state index in [9.17, 15) is 24.0 Å². The summed E-state index contributed by atoms with van der Waals surface area (Å²) in [4.78, 5) is 62.7. The summed E-state index contributed by atoms with van der Waals surface area (Å²) >= 11 is 0. The summed E-state index contributed by atoms with van der Waals surface area (Å²) in [7, 11) is 0. The number of rotatable bonds is 13. The zero-order chi connectivity index (χ0) is 29.4. The van der Waals surface area contributed by atoms with Crippen molar-refractivity contribution in [3.63, 3.8) is 0 Å². The zero-order valence-electron chi connectivity index (χ0n) is 23.0. The van der Waals surface area contributed by atoms with Gasteiger partial charge in [-0.05, 0) is 37.8 Å². The molecule has 2 amide bonds. The van der Waals surface area contributed by atoms with Gasteiger partial charge in [0, 0.05) is 31.7 Å². The number of anilines is 1. The van der Waals surface area contributed by atoms with Crippen LogP contribution in [0.15, 0.2) is 24.4 Å². The predicted molar refractivity (Wildman–Crippen MR) is 147 cm³/mol. The van der Waals surface area contributed by atoms with Crippen molar-refractivity contribution in [2.24, 2.45) is 5.92 Å². The van der Waals surface area contributed by atoms with Gasteiger partial charge in [-0.3, -0.25) is 24.0 Å². The van der Waals surface area contributed by atoms with Crippen LogP contribution in [-0.2, 0) is 24.0 Å². The van der Waals surface area contributed by atoms with E-state index in [4.69, 9.17) is 15.3 Å². The molecule has 0 saturated heterocycles. The van der Waals surface area contributed by atoms with Gasteiger partial charge in [0.1, 0.15) is 11.4 Å². The molecular formula is C28H42N4O8. The van der Waals surface area contributed by atoms with Gasteiger partial charge in [0.15, 0.2) is 0 Å². The van der Waals surface area contributed by atoms with Crippen molar-refractivity contribution in [2.45, 2.75) is 89.0 Å². The summed E-state index contributed by atoms with van der Waals surface area (Å²) in [5.41, 5.74) is -0.902. The molecule has 0 atom stereocenters. The maximum absolute atomic E-state index is 13.0. The molecule has 0 aliphatic heterocycles. The van der Waals surface area contributed by atoms with Gasteiger partial charge in [0.05, 0.1) is 19.3 Å². The van der Waals surface area contributed by atoms with Crippen LogP contribution in [0.5, 0.6) is 0 Å². The number of carboxylic acid groups (broad SMARTS) is 3. The van der Waals surface area contributed by atoms with Crippen molar-refractivity contribution in [3.8, 4) is 0 Å². The number of carbonyl (C=O) groups excluding carboxylic acids is 2. The number of hydrogen-bond donors (Lipinski definition) is 5. The Morgan fingerprint density at radius 3 is 1.93 bits per heavy atom. The number of aromatic nitrogens is 1. The third-order valence-corrected chi connectivity index (χ3v) is 7.33. The van der Waals surface area contributed by atoms with E-state index >= 15 is 0 Å². The van der Waals surface area contributed by atoms with E-state index in [-0.39, 0.29) is 56.6 Å². The summed E-state index contributed by atoms with van der Waals surface area (Å²) in [6.07, 6.45) is 10.6. The second-order valence-corrected chi connectivity index (χ2v) is 10.2. The SMILES string of the molecule is O=C(O)CCNC(=O)C1(N(CCC(=O)O)c2ccccn2)CCCCC1.O=C(O)CCNC(=O)C1CCCCC1. The third kappa shape index (κ3) is 10.8. The van der Waals surface area contributed by atoms with Crippen LogP contribution in [0, 0.1) is 5.92 Å². The van der Waals surface area contributed by atoms with Gasteiger partial charge in [-0.2, -0.15) is 0 Å². The molecule has 0 spiro atoms. The minimum absolute atomic E-state index is 0.0124. The molecule has 1 aromatic rings. The number of nitrogens with one attached hydrogen (secondary N) is 2. The lowest BCUT2D eigenvalue weighted by molar-refractivity contribution is -0.138. The zero-order valence-corrected chi connectivity index (χ0v) is 23.0. The summed E-state index contributed by atoms with van der Waals surface area (Å²) in [5.74, 6) is -2.32. The fourth-order valence-electron chi connectivity index (χ4n) is 5.27. The standard InChI is InChI=1S/C18H25N3O5.C10H17NO3/c22-15(23)7-12-20-17(26)18(9-3-1-4-10-18)21(13-8-16(24)25)14-6-2-5-11-19-14;12-9(13)6-7-11-10(14)8-4-2-1-3-5-8/h2,5-6,11H,1,3-4,7-10,12-13H2,(H,20,26)(H,22,23)(H,24,25);8H,1-7H2,(H,11,14)(H,12,13). The number of amides is 2. The molecule has 1 heterocycles. The molecule has 2 fully saturated rings.